The number of nitro groups is 1. The normalized spacial score (nSPS) is 12.1. The van der Waals surface area contributed by atoms with Crippen LogP contribution in [0.5, 0.6) is 0 Å². The van der Waals surface area contributed by atoms with Crippen LogP contribution in [0.4, 0.5) is 5.69 Å². The topological polar surface area (TPSA) is 111 Å². The number of hydrogen-bond acceptors (Lipinski definition) is 5. The highest BCUT2D eigenvalue weighted by Crippen LogP contribution is 2.22. The third-order valence-electron chi connectivity index (χ3n) is 3.57. The molecule has 23 heavy (non-hydrogen) atoms. The van der Waals surface area contributed by atoms with E-state index in [4.69, 9.17) is 5.73 Å². The van der Waals surface area contributed by atoms with Crippen molar-refractivity contribution in [2.24, 2.45) is 5.73 Å². The van der Waals surface area contributed by atoms with Crippen molar-refractivity contribution in [3.8, 4) is 11.4 Å². The molecule has 2 aromatic carbocycles. The first-order valence-corrected chi connectivity index (χ1v) is 7.04. The van der Waals surface area contributed by atoms with Gasteiger partial charge in [-0.25, -0.2) is 4.98 Å². The highest BCUT2D eigenvalue weighted by atomic mass is 16.6. The molecule has 0 bridgehead atoms. The Labute approximate surface area is 132 Å². The predicted octanol–water partition coefficient (Wildman–Crippen LogP) is 2.74. The number of nitrogens with two attached hydrogens (primary N) is 1. The van der Waals surface area contributed by atoms with Crippen LogP contribution in [0.3, 0.4) is 0 Å². The zero-order valence-corrected chi connectivity index (χ0v) is 12.4. The number of benzene rings is 2. The van der Waals surface area contributed by atoms with Gasteiger partial charge in [-0.2, -0.15) is 5.10 Å². The standard InChI is InChI=1S/C16H15N5O2/c1-10-2-4-11(5-3-10)14(17)16-18-15(19-20-16)12-6-8-13(9-7-12)21(22)23/h2-9,14H,17H2,1H3,(H,18,19,20)/t14-/m0/s1. The maximum absolute atomic E-state index is 10.7. The van der Waals surface area contributed by atoms with Crippen molar-refractivity contribution in [1.29, 1.82) is 0 Å². The molecule has 0 aliphatic heterocycles. The van der Waals surface area contributed by atoms with Gasteiger partial charge in [-0.3, -0.25) is 15.2 Å². The SMILES string of the molecule is Cc1ccc([C@H](N)c2nc(-c3ccc([N+](=O)[O-])cc3)n[nH]2)cc1. The van der Waals surface area contributed by atoms with Gasteiger partial charge in [0, 0.05) is 17.7 Å². The van der Waals surface area contributed by atoms with Gasteiger partial charge in [-0.1, -0.05) is 29.8 Å². The van der Waals surface area contributed by atoms with Crippen molar-refractivity contribution < 1.29 is 4.92 Å². The Bertz CT molecular complexity index is 824. The molecule has 3 N–H and O–H groups in total. The van der Waals surface area contributed by atoms with Crippen molar-refractivity contribution >= 4 is 5.69 Å². The van der Waals surface area contributed by atoms with Crippen LogP contribution < -0.4 is 5.73 Å². The number of H-pyrrole nitrogens is 1. The molecule has 116 valence electrons. The summed E-state index contributed by atoms with van der Waals surface area (Å²) in [7, 11) is 0. The fraction of sp³-hybridized carbons (Fsp3) is 0.125. The minimum absolute atomic E-state index is 0.0286. The molecule has 0 spiro atoms. The Morgan fingerprint density at radius 2 is 1.78 bits per heavy atom. The van der Waals surface area contributed by atoms with Crippen LogP contribution >= 0.6 is 0 Å². The summed E-state index contributed by atoms with van der Waals surface area (Å²) < 4.78 is 0. The van der Waals surface area contributed by atoms with Gasteiger partial charge in [-0.15, -0.1) is 0 Å². The van der Waals surface area contributed by atoms with Gasteiger partial charge in [-0.05, 0) is 24.6 Å². The van der Waals surface area contributed by atoms with Gasteiger partial charge in [0.25, 0.3) is 5.69 Å². The molecule has 0 unspecified atom stereocenters. The Kier molecular flexibility index (Phi) is 3.86. The lowest BCUT2D eigenvalue weighted by molar-refractivity contribution is -0.384. The van der Waals surface area contributed by atoms with Gasteiger partial charge in [0.1, 0.15) is 5.82 Å². The van der Waals surface area contributed by atoms with Gasteiger partial charge >= 0.3 is 0 Å². The Hall–Kier alpha value is -3.06. The molecule has 1 heterocycles. The maximum Gasteiger partial charge on any atom is 0.269 e. The highest BCUT2D eigenvalue weighted by molar-refractivity contribution is 5.57. The second-order valence-corrected chi connectivity index (χ2v) is 5.24. The lowest BCUT2D eigenvalue weighted by Gasteiger charge is -2.08. The molecule has 3 aromatic rings. The molecule has 0 amide bonds. The van der Waals surface area contributed by atoms with Crippen molar-refractivity contribution in [2.75, 3.05) is 0 Å². The van der Waals surface area contributed by atoms with Crippen LogP contribution in [0.2, 0.25) is 0 Å². The molecular weight excluding hydrogens is 294 g/mol. The number of nitro benzene ring substituents is 1. The van der Waals surface area contributed by atoms with Gasteiger partial charge < -0.3 is 5.73 Å². The summed E-state index contributed by atoms with van der Waals surface area (Å²) in [6.07, 6.45) is 0. The summed E-state index contributed by atoms with van der Waals surface area (Å²) in [5.41, 5.74) is 9.01. The van der Waals surface area contributed by atoms with Gasteiger partial charge in [0.15, 0.2) is 5.82 Å². The monoisotopic (exact) mass is 309 g/mol. The van der Waals surface area contributed by atoms with E-state index in [9.17, 15) is 10.1 Å². The molecule has 7 nitrogen and oxygen atoms in total. The molecule has 0 radical (unpaired) electrons. The minimum atomic E-state index is -0.444. The molecule has 0 fully saturated rings. The summed E-state index contributed by atoms with van der Waals surface area (Å²) >= 11 is 0. The van der Waals surface area contributed by atoms with Crippen molar-refractivity contribution in [3.63, 3.8) is 0 Å². The third kappa shape index (κ3) is 3.09. The van der Waals surface area contributed by atoms with E-state index in [1.807, 2.05) is 31.2 Å². The number of non-ortho nitro benzene ring substituents is 1. The van der Waals surface area contributed by atoms with Crippen LogP contribution in [-0.4, -0.2) is 20.1 Å². The van der Waals surface area contributed by atoms with E-state index in [1.54, 1.807) is 12.1 Å². The fourth-order valence-corrected chi connectivity index (χ4v) is 2.21. The van der Waals surface area contributed by atoms with Gasteiger partial charge in [0.2, 0.25) is 0 Å². The number of nitrogens with one attached hydrogen (secondary N) is 1. The first-order chi connectivity index (χ1) is 11.0. The predicted molar refractivity (Wildman–Crippen MR) is 85.7 cm³/mol. The quantitative estimate of drug-likeness (QED) is 0.568. The lowest BCUT2D eigenvalue weighted by atomic mass is 10.1. The number of aromatic nitrogens is 3. The van der Waals surface area contributed by atoms with Crippen LogP contribution in [0.15, 0.2) is 48.5 Å². The van der Waals surface area contributed by atoms with E-state index in [1.165, 1.54) is 12.1 Å². The molecule has 7 heteroatoms. The van der Waals surface area contributed by atoms with E-state index in [2.05, 4.69) is 15.2 Å². The summed E-state index contributed by atoms with van der Waals surface area (Å²) in [5.74, 6) is 1.000. The van der Waals surface area contributed by atoms with E-state index < -0.39 is 11.0 Å². The van der Waals surface area contributed by atoms with Crippen LogP contribution in [0.25, 0.3) is 11.4 Å². The second-order valence-electron chi connectivity index (χ2n) is 5.24. The highest BCUT2D eigenvalue weighted by Gasteiger charge is 2.15. The Morgan fingerprint density at radius 3 is 2.39 bits per heavy atom. The zero-order valence-electron chi connectivity index (χ0n) is 12.4. The summed E-state index contributed by atoms with van der Waals surface area (Å²) in [6, 6.07) is 13.5. The van der Waals surface area contributed by atoms with E-state index in [0.717, 1.165) is 11.1 Å². The fourth-order valence-electron chi connectivity index (χ4n) is 2.21. The van der Waals surface area contributed by atoms with Crippen LogP contribution in [0.1, 0.15) is 23.0 Å². The maximum atomic E-state index is 10.7. The molecule has 0 saturated heterocycles. The van der Waals surface area contributed by atoms with E-state index >= 15 is 0 Å². The molecule has 0 aliphatic rings. The lowest BCUT2D eigenvalue weighted by Crippen LogP contribution is -2.13. The molecule has 1 atom stereocenters. The second kappa shape index (κ2) is 5.98. The summed E-state index contributed by atoms with van der Waals surface area (Å²) in [4.78, 5) is 14.6. The molecule has 3 rings (SSSR count). The van der Waals surface area contributed by atoms with E-state index in [0.29, 0.717) is 17.2 Å². The summed E-state index contributed by atoms with van der Waals surface area (Å²) in [5, 5.41) is 17.6. The third-order valence-corrected chi connectivity index (χ3v) is 3.57. The smallest absolute Gasteiger partial charge is 0.269 e. The largest absolute Gasteiger partial charge is 0.318 e. The zero-order chi connectivity index (χ0) is 16.4. The first kappa shape index (κ1) is 14.9. The van der Waals surface area contributed by atoms with Crippen LogP contribution in [0, 0.1) is 17.0 Å². The van der Waals surface area contributed by atoms with Crippen LogP contribution in [-0.2, 0) is 0 Å². The van der Waals surface area contributed by atoms with Crippen molar-refractivity contribution in [3.05, 3.63) is 75.6 Å². The average molecular weight is 309 g/mol. The molecular formula is C16H15N5O2. The van der Waals surface area contributed by atoms with Gasteiger partial charge in [0.05, 0.1) is 11.0 Å². The Balaban J connectivity index is 1.84. The van der Waals surface area contributed by atoms with Crippen molar-refractivity contribution in [1.82, 2.24) is 15.2 Å². The number of aryl methyl sites for hydroxylation is 1. The first-order valence-electron chi connectivity index (χ1n) is 7.04. The van der Waals surface area contributed by atoms with E-state index in [-0.39, 0.29) is 5.69 Å². The number of rotatable bonds is 4. The average Bonchev–Trinajstić information content (AvgIpc) is 3.05. The molecule has 1 aromatic heterocycles. The number of aromatic amines is 1. The summed E-state index contributed by atoms with van der Waals surface area (Å²) in [6.45, 7) is 2.01. The number of nitrogens with zero attached hydrogens (tertiary/aromatic N) is 3. The Morgan fingerprint density at radius 1 is 1.13 bits per heavy atom. The number of hydrogen-bond donors (Lipinski definition) is 2. The molecule has 0 saturated carbocycles. The van der Waals surface area contributed by atoms with Crippen molar-refractivity contribution in [2.45, 2.75) is 13.0 Å². The molecule has 0 aliphatic carbocycles. The minimum Gasteiger partial charge on any atom is -0.318 e.